The molecule has 0 aliphatic heterocycles. The maximum atomic E-state index is 11.3. The van der Waals surface area contributed by atoms with E-state index in [4.69, 9.17) is 5.11 Å². The fourth-order valence-electron chi connectivity index (χ4n) is 1.02. The molecule has 3 nitrogen and oxygen atoms in total. The number of carbonyl (C=O) groups excluding carboxylic acids is 1. The van der Waals surface area contributed by atoms with Gasteiger partial charge < -0.3 is 10.4 Å². The van der Waals surface area contributed by atoms with E-state index in [1.54, 1.807) is 0 Å². The molecule has 0 aromatic heterocycles. The summed E-state index contributed by atoms with van der Waals surface area (Å²) < 4.78 is 0. The molecule has 0 aromatic carbocycles. The Labute approximate surface area is 80.5 Å². The topological polar surface area (TPSA) is 49.3 Å². The van der Waals surface area contributed by atoms with E-state index in [1.165, 1.54) is 0 Å². The number of amides is 1. The van der Waals surface area contributed by atoms with Gasteiger partial charge in [-0.1, -0.05) is 27.2 Å². The van der Waals surface area contributed by atoms with Crippen molar-refractivity contribution in [2.45, 2.75) is 46.1 Å². The van der Waals surface area contributed by atoms with Crippen LogP contribution in [0.2, 0.25) is 0 Å². The first kappa shape index (κ1) is 12.4. The molecule has 78 valence electrons. The lowest BCUT2D eigenvalue weighted by Gasteiger charge is -2.15. The molecule has 0 saturated carbocycles. The predicted molar refractivity (Wildman–Crippen MR) is 53.4 cm³/mol. The van der Waals surface area contributed by atoms with Crippen molar-refractivity contribution < 1.29 is 9.90 Å². The number of carbonyl (C=O) groups is 1. The van der Waals surface area contributed by atoms with Crippen LogP contribution in [0.25, 0.3) is 0 Å². The van der Waals surface area contributed by atoms with Gasteiger partial charge in [-0.25, -0.2) is 0 Å². The Hall–Kier alpha value is -0.570. The highest BCUT2D eigenvalue weighted by Gasteiger charge is 2.11. The first-order chi connectivity index (χ1) is 6.13. The molecule has 0 aliphatic carbocycles. The molecule has 2 unspecified atom stereocenters. The van der Waals surface area contributed by atoms with Crippen LogP contribution in [0.3, 0.4) is 0 Å². The van der Waals surface area contributed by atoms with Crippen LogP contribution >= 0.6 is 0 Å². The number of rotatable bonds is 6. The minimum Gasteiger partial charge on any atom is -0.394 e. The van der Waals surface area contributed by atoms with Crippen LogP contribution in [0.15, 0.2) is 0 Å². The second kappa shape index (κ2) is 6.89. The van der Waals surface area contributed by atoms with E-state index in [-0.39, 0.29) is 18.6 Å². The molecule has 3 heteroatoms. The zero-order valence-electron chi connectivity index (χ0n) is 8.84. The average molecular weight is 187 g/mol. The van der Waals surface area contributed by atoms with E-state index >= 15 is 0 Å². The molecule has 0 rings (SSSR count). The van der Waals surface area contributed by atoms with Crippen molar-refractivity contribution in [3.8, 4) is 0 Å². The normalized spacial score (nSPS) is 15.1. The molecule has 0 spiro atoms. The third kappa shape index (κ3) is 5.64. The Bertz CT molecular complexity index is 144. The molecule has 0 heterocycles. The zero-order chi connectivity index (χ0) is 10.3. The van der Waals surface area contributed by atoms with Crippen LogP contribution in [-0.4, -0.2) is 23.7 Å². The number of aliphatic hydroxyl groups excluding tert-OH is 1. The standard InChI is InChI=1S/C10H21NO2/c1-4-8(3)6-10(13)11-9(5-2)7-12/h8-9,12H,4-7H2,1-3H3,(H,11,13). The van der Waals surface area contributed by atoms with Crippen molar-refractivity contribution >= 4 is 5.91 Å². The van der Waals surface area contributed by atoms with Crippen molar-refractivity contribution in [3.63, 3.8) is 0 Å². The summed E-state index contributed by atoms with van der Waals surface area (Å²) in [6.07, 6.45) is 2.36. The Kier molecular flexibility index (Phi) is 6.59. The lowest BCUT2D eigenvalue weighted by atomic mass is 10.0. The number of hydrogen-bond acceptors (Lipinski definition) is 2. The zero-order valence-corrected chi connectivity index (χ0v) is 8.84. The van der Waals surface area contributed by atoms with Gasteiger partial charge in [0.25, 0.3) is 0 Å². The Morgan fingerprint density at radius 2 is 2.00 bits per heavy atom. The summed E-state index contributed by atoms with van der Waals surface area (Å²) in [6.45, 7) is 6.11. The van der Waals surface area contributed by atoms with Crippen molar-refractivity contribution in [3.05, 3.63) is 0 Å². The third-order valence-corrected chi connectivity index (χ3v) is 2.31. The lowest BCUT2D eigenvalue weighted by molar-refractivity contribution is -0.122. The van der Waals surface area contributed by atoms with Crippen LogP contribution in [0.1, 0.15) is 40.0 Å². The van der Waals surface area contributed by atoms with Gasteiger partial charge in [0.05, 0.1) is 12.6 Å². The van der Waals surface area contributed by atoms with Crippen LogP contribution in [0, 0.1) is 5.92 Å². The highest BCUT2D eigenvalue weighted by molar-refractivity contribution is 5.76. The fraction of sp³-hybridized carbons (Fsp3) is 0.900. The number of aliphatic hydroxyl groups is 1. The summed E-state index contributed by atoms with van der Waals surface area (Å²) in [5, 5.41) is 11.6. The van der Waals surface area contributed by atoms with E-state index in [2.05, 4.69) is 19.2 Å². The van der Waals surface area contributed by atoms with Gasteiger partial charge in [-0.3, -0.25) is 4.79 Å². The first-order valence-electron chi connectivity index (χ1n) is 5.04. The minimum absolute atomic E-state index is 0.0305. The highest BCUT2D eigenvalue weighted by atomic mass is 16.3. The molecular formula is C10H21NO2. The van der Waals surface area contributed by atoms with Crippen molar-refractivity contribution in [2.24, 2.45) is 5.92 Å². The lowest BCUT2D eigenvalue weighted by Crippen LogP contribution is -2.37. The van der Waals surface area contributed by atoms with Crippen molar-refractivity contribution in [1.29, 1.82) is 0 Å². The summed E-state index contributed by atoms with van der Waals surface area (Å²) >= 11 is 0. The monoisotopic (exact) mass is 187 g/mol. The summed E-state index contributed by atoms with van der Waals surface area (Å²) in [5.74, 6) is 0.478. The summed E-state index contributed by atoms with van der Waals surface area (Å²) in [4.78, 5) is 11.3. The largest absolute Gasteiger partial charge is 0.394 e. The van der Waals surface area contributed by atoms with Crippen molar-refractivity contribution in [2.75, 3.05) is 6.61 Å². The molecule has 0 saturated heterocycles. The maximum absolute atomic E-state index is 11.3. The van der Waals surface area contributed by atoms with Gasteiger partial charge in [0.2, 0.25) is 5.91 Å². The van der Waals surface area contributed by atoms with Gasteiger partial charge >= 0.3 is 0 Å². The second-order valence-electron chi connectivity index (χ2n) is 3.57. The van der Waals surface area contributed by atoms with Crippen LogP contribution in [-0.2, 0) is 4.79 Å². The smallest absolute Gasteiger partial charge is 0.220 e. The van der Waals surface area contributed by atoms with Gasteiger partial charge in [0.1, 0.15) is 0 Å². The molecule has 0 radical (unpaired) electrons. The van der Waals surface area contributed by atoms with Crippen LogP contribution in [0.5, 0.6) is 0 Å². The minimum atomic E-state index is -0.0726. The van der Waals surface area contributed by atoms with Gasteiger partial charge in [-0.05, 0) is 12.3 Å². The molecule has 13 heavy (non-hydrogen) atoms. The average Bonchev–Trinajstić information content (AvgIpc) is 2.13. The highest BCUT2D eigenvalue weighted by Crippen LogP contribution is 2.06. The van der Waals surface area contributed by atoms with E-state index in [0.29, 0.717) is 12.3 Å². The molecule has 0 aromatic rings. The van der Waals surface area contributed by atoms with Gasteiger partial charge in [0.15, 0.2) is 0 Å². The third-order valence-electron chi connectivity index (χ3n) is 2.31. The Morgan fingerprint density at radius 3 is 2.38 bits per heavy atom. The quantitative estimate of drug-likeness (QED) is 0.658. The van der Waals surface area contributed by atoms with E-state index in [1.807, 2.05) is 6.92 Å². The van der Waals surface area contributed by atoms with Crippen LogP contribution in [0.4, 0.5) is 0 Å². The van der Waals surface area contributed by atoms with Gasteiger partial charge in [-0.2, -0.15) is 0 Å². The number of nitrogens with one attached hydrogen (secondary N) is 1. The fourth-order valence-corrected chi connectivity index (χ4v) is 1.02. The summed E-state index contributed by atoms with van der Waals surface area (Å²) in [6, 6.07) is -0.0726. The molecular weight excluding hydrogens is 166 g/mol. The molecule has 1 amide bonds. The van der Waals surface area contributed by atoms with Crippen molar-refractivity contribution in [1.82, 2.24) is 5.32 Å². The molecule has 2 N–H and O–H groups in total. The SMILES string of the molecule is CCC(C)CC(=O)NC(CC)CO. The Morgan fingerprint density at radius 1 is 1.38 bits per heavy atom. The van der Waals surface area contributed by atoms with E-state index in [0.717, 1.165) is 12.8 Å². The van der Waals surface area contributed by atoms with E-state index in [9.17, 15) is 4.79 Å². The Balaban J connectivity index is 3.72. The van der Waals surface area contributed by atoms with Crippen LogP contribution < -0.4 is 5.32 Å². The predicted octanol–water partition coefficient (Wildman–Crippen LogP) is 1.31. The molecule has 0 fully saturated rings. The number of hydrogen-bond donors (Lipinski definition) is 2. The summed E-state index contributed by atoms with van der Waals surface area (Å²) in [7, 11) is 0. The van der Waals surface area contributed by atoms with Gasteiger partial charge in [-0.15, -0.1) is 0 Å². The van der Waals surface area contributed by atoms with Gasteiger partial charge in [0, 0.05) is 6.42 Å². The summed E-state index contributed by atoms with van der Waals surface area (Å²) in [5.41, 5.74) is 0. The molecule has 0 bridgehead atoms. The first-order valence-corrected chi connectivity index (χ1v) is 5.04. The maximum Gasteiger partial charge on any atom is 0.220 e. The molecule has 2 atom stereocenters. The second-order valence-corrected chi connectivity index (χ2v) is 3.57. The van der Waals surface area contributed by atoms with E-state index < -0.39 is 0 Å². The molecule has 0 aliphatic rings.